The second kappa shape index (κ2) is 4.59. The second-order valence-corrected chi connectivity index (χ2v) is 6.68. The molecule has 1 aromatic rings. The number of nitrogens with two attached hydrogens (primary N) is 1. The van der Waals surface area contributed by atoms with Gasteiger partial charge in [0.15, 0.2) is 5.88 Å². The normalized spacial score (nSPS) is 23.1. The van der Waals surface area contributed by atoms with Gasteiger partial charge in [-0.05, 0) is 46.6 Å². The van der Waals surface area contributed by atoms with Crippen molar-refractivity contribution in [2.24, 2.45) is 0 Å². The minimum atomic E-state index is 0.168. The van der Waals surface area contributed by atoms with Crippen molar-refractivity contribution < 1.29 is 4.42 Å². The van der Waals surface area contributed by atoms with E-state index in [9.17, 15) is 0 Å². The van der Waals surface area contributed by atoms with Gasteiger partial charge in [0, 0.05) is 23.2 Å². The minimum absolute atomic E-state index is 0.168. The Morgan fingerprint density at radius 1 is 1.28 bits per heavy atom. The van der Waals surface area contributed by atoms with Gasteiger partial charge in [-0.1, -0.05) is 0 Å². The quantitative estimate of drug-likeness (QED) is 0.771. The Morgan fingerprint density at radius 3 is 2.39 bits per heavy atom. The maximum Gasteiger partial charge on any atom is 0.190 e. The zero-order valence-corrected chi connectivity index (χ0v) is 11.8. The van der Waals surface area contributed by atoms with Crippen LogP contribution >= 0.6 is 0 Å². The Morgan fingerprint density at radius 2 is 1.89 bits per heavy atom. The topological polar surface area (TPSA) is 63.2 Å². The van der Waals surface area contributed by atoms with Crippen LogP contribution in [0.4, 0.5) is 5.88 Å². The lowest BCUT2D eigenvalue weighted by Gasteiger charge is -2.46. The first-order valence-corrected chi connectivity index (χ1v) is 6.63. The smallest absolute Gasteiger partial charge is 0.190 e. The van der Waals surface area contributed by atoms with Crippen molar-refractivity contribution in [1.29, 1.82) is 0 Å². The fraction of sp³-hybridized carbons (Fsp3) is 0.714. The van der Waals surface area contributed by atoms with Crippen molar-refractivity contribution in [3.8, 4) is 0 Å². The number of nitrogens with one attached hydrogen (secondary N) is 2. The van der Waals surface area contributed by atoms with Crippen LogP contribution < -0.4 is 16.4 Å². The molecule has 4 nitrogen and oxygen atoms in total. The molecule has 1 aromatic heterocycles. The summed E-state index contributed by atoms with van der Waals surface area (Å²) in [7, 11) is 0. The summed E-state index contributed by atoms with van der Waals surface area (Å²) >= 11 is 0. The molecule has 0 saturated carbocycles. The minimum Gasteiger partial charge on any atom is -0.445 e. The van der Waals surface area contributed by atoms with E-state index in [-0.39, 0.29) is 11.1 Å². The van der Waals surface area contributed by atoms with Crippen molar-refractivity contribution >= 4 is 5.88 Å². The first-order chi connectivity index (χ1) is 8.26. The van der Waals surface area contributed by atoms with Gasteiger partial charge in [-0.2, -0.15) is 0 Å². The molecular formula is C14H25N3O. The van der Waals surface area contributed by atoms with Crippen LogP contribution in [0.3, 0.4) is 0 Å². The molecule has 102 valence electrons. The maximum absolute atomic E-state index is 5.57. The van der Waals surface area contributed by atoms with Gasteiger partial charge in [-0.25, -0.2) is 0 Å². The fourth-order valence-corrected chi connectivity index (χ4v) is 3.20. The van der Waals surface area contributed by atoms with Gasteiger partial charge in [0.25, 0.3) is 0 Å². The molecule has 2 rings (SSSR count). The zero-order chi connectivity index (χ0) is 13.4. The Balaban J connectivity index is 1.93. The zero-order valence-electron chi connectivity index (χ0n) is 11.8. The number of hydrogen-bond acceptors (Lipinski definition) is 4. The largest absolute Gasteiger partial charge is 0.445 e. The molecule has 1 saturated heterocycles. The van der Waals surface area contributed by atoms with E-state index in [1.165, 1.54) is 0 Å². The van der Waals surface area contributed by atoms with Crippen LogP contribution in [0.15, 0.2) is 16.5 Å². The van der Waals surface area contributed by atoms with E-state index in [4.69, 9.17) is 10.2 Å². The predicted octanol–water partition coefficient (Wildman–Crippen LogP) is 2.26. The molecule has 0 atom stereocenters. The summed E-state index contributed by atoms with van der Waals surface area (Å²) in [6.07, 6.45) is 2.24. The van der Waals surface area contributed by atoms with Crippen LogP contribution in [-0.4, -0.2) is 17.1 Å². The highest BCUT2D eigenvalue weighted by atomic mass is 16.4. The van der Waals surface area contributed by atoms with E-state index in [1.807, 2.05) is 6.07 Å². The van der Waals surface area contributed by atoms with Crippen molar-refractivity contribution in [2.75, 3.05) is 5.73 Å². The first kappa shape index (κ1) is 13.4. The Hall–Kier alpha value is -1.00. The van der Waals surface area contributed by atoms with Gasteiger partial charge in [-0.15, -0.1) is 0 Å². The van der Waals surface area contributed by atoms with Gasteiger partial charge < -0.3 is 20.8 Å². The van der Waals surface area contributed by atoms with Crippen molar-refractivity contribution in [3.05, 3.63) is 17.9 Å². The molecule has 0 amide bonds. The summed E-state index contributed by atoms with van der Waals surface area (Å²) in [6, 6.07) is 4.23. The number of anilines is 1. The summed E-state index contributed by atoms with van der Waals surface area (Å²) in [5.41, 5.74) is 5.91. The lowest BCUT2D eigenvalue weighted by molar-refractivity contribution is 0.144. The van der Waals surface area contributed by atoms with E-state index in [1.54, 1.807) is 6.07 Å². The third kappa shape index (κ3) is 3.50. The van der Waals surface area contributed by atoms with Crippen molar-refractivity contribution in [3.63, 3.8) is 0 Å². The molecule has 0 aromatic carbocycles. The number of rotatable bonds is 3. The molecule has 0 aliphatic carbocycles. The van der Waals surface area contributed by atoms with Crippen LogP contribution in [0.25, 0.3) is 0 Å². The van der Waals surface area contributed by atoms with E-state index >= 15 is 0 Å². The van der Waals surface area contributed by atoms with Crippen LogP contribution in [0, 0.1) is 0 Å². The molecule has 1 aliphatic heterocycles. The van der Waals surface area contributed by atoms with Gasteiger partial charge in [0.1, 0.15) is 5.76 Å². The first-order valence-electron chi connectivity index (χ1n) is 6.63. The molecule has 0 spiro atoms. The summed E-state index contributed by atoms with van der Waals surface area (Å²) in [5.74, 6) is 1.39. The van der Waals surface area contributed by atoms with Gasteiger partial charge in [0.05, 0.1) is 6.54 Å². The van der Waals surface area contributed by atoms with Gasteiger partial charge in [-0.3, -0.25) is 0 Å². The highest BCUT2D eigenvalue weighted by molar-refractivity contribution is 5.25. The Labute approximate surface area is 109 Å². The average molecular weight is 251 g/mol. The number of piperidine rings is 1. The van der Waals surface area contributed by atoms with E-state index in [2.05, 4.69) is 38.3 Å². The second-order valence-electron chi connectivity index (χ2n) is 6.68. The molecule has 0 unspecified atom stereocenters. The fourth-order valence-electron chi connectivity index (χ4n) is 3.20. The molecule has 1 fully saturated rings. The lowest BCUT2D eigenvalue weighted by Crippen LogP contribution is -2.61. The number of furan rings is 1. The summed E-state index contributed by atoms with van der Waals surface area (Å²) in [4.78, 5) is 0. The highest BCUT2D eigenvalue weighted by Crippen LogP contribution is 2.28. The Bertz CT molecular complexity index is 393. The molecule has 18 heavy (non-hydrogen) atoms. The van der Waals surface area contributed by atoms with Crippen LogP contribution in [-0.2, 0) is 6.54 Å². The molecule has 0 radical (unpaired) electrons. The predicted molar refractivity (Wildman–Crippen MR) is 74.3 cm³/mol. The average Bonchev–Trinajstić information content (AvgIpc) is 2.56. The van der Waals surface area contributed by atoms with E-state index in [0.29, 0.717) is 11.9 Å². The molecule has 2 heterocycles. The number of nitrogen functional groups attached to an aromatic ring is 1. The van der Waals surface area contributed by atoms with Crippen molar-refractivity contribution in [2.45, 2.75) is 64.2 Å². The molecule has 4 N–H and O–H groups in total. The molecule has 0 bridgehead atoms. The number of hydrogen-bond donors (Lipinski definition) is 3. The van der Waals surface area contributed by atoms with Gasteiger partial charge in [0.2, 0.25) is 0 Å². The van der Waals surface area contributed by atoms with Gasteiger partial charge >= 0.3 is 0 Å². The summed E-state index contributed by atoms with van der Waals surface area (Å²) in [5, 5.41) is 7.25. The molecule has 1 aliphatic rings. The van der Waals surface area contributed by atoms with E-state index in [0.717, 1.165) is 25.1 Å². The summed E-state index contributed by atoms with van der Waals surface area (Å²) in [6.45, 7) is 9.77. The molecule has 4 heteroatoms. The maximum atomic E-state index is 5.57. The molecular weight excluding hydrogens is 226 g/mol. The third-order valence-electron chi connectivity index (χ3n) is 3.44. The van der Waals surface area contributed by atoms with Crippen LogP contribution in [0.2, 0.25) is 0 Å². The standard InChI is InChI=1S/C14H25N3O/c1-13(2)7-10(8-14(3,4)17-13)16-9-11-5-6-12(15)18-11/h5-6,10,16-17H,7-9,15H2,1-4H3. The lowest BCUT2D eigenvalue weighted by atomic mass is 9.79. The SMILES string of the molecule is CC1(C)CC(NCc2ccc(N)o2)CC(C)(C)N1. The monoisotopic (exact) mass is 251 g/mol. The third-order valence-corrected chi connectivity index (χ3v) is 3.44. The van der Waals surface area contributed by atoms with Crippen molar-refractivity contribution in [1.82, 2.24) is 10.6 Å². The summed E-state index contributed by atoms with van der Waals surface area (Å²) < 4.78 is 5.38. The Kier molecular flexibility index (Phi) is 3.43. The van der Waals surface area contributed by atoms with Crippen LogP contribution in [0.5, 0.6) is 0 Å². The van der Waals surface area contributed by atoms with Crippen LogP contribution in [0.1, 0.15) is 46.3 Å². The highest BCUT2D eigenvalue weighted by Gasteiger charge is 2.37. The van der Waals surface area contributed by atoms with E-state index < -0.39 is 0 Å².